The van der Waals surface area contributed by atoms with E-state index in [-0.39, 0.29) is 19.0 Å². The molecule has 0 fully saturated rings. The van der Waals surface area contributed by atoms with Gasteiger partial charge in [0.2, 0.25) is 5.91 Å². The number of unbranched alkanes of at least 4 members (excludes halogenated alkanes) is 5. The summed E-state index contributed by atoms with van der Waals surface area (Å²) in [7, 11) is 3.42. The molecule has 112 valence electrons. The van der Waals surface area contributed by atoms with Crippen molar-refractivity contribution in [2.24, 2.45) is 0 Å². The largest absolute Gasteiger partial charge is 0.480 e. The Balaban J connectivity index is 3.67. The van der Waals surface area contributed by atoms with Gasteiger partial charge >= 0.3 is 5.97 Å². The molecular formula is C14H28N2O3. The van der Waals surface area contributed by atoms with Crippen molar-refractivity contribution in [2.45, 2.75) is 45.4 Å². The zero-order chi connectivity index (χ0) is 14.7. The van der Waals surface area contributed by atoms with E-state index in [4.69, 9.17) is 5.11 Å². The average molecular weight is 272 g/mol. The van der Waals surface area contributed by atoms with Gasteiger partial charge in [-0.3, -0.25) is 14.5 Å². The van der Waals surface area contributed by atoms with E-state index in [9.17, 15) is 9.59 Å². The smallest absolute Gasteiger partial charge is 0.317 e. The lowest BCUT2D eigenvalue weighted by Gasteiger charge is -2.20. The van der Waals surface area contributed by atoms with Crippen molar-refractivity contribution < 1.29 is 14.7 Å². The van der Waals surface area contributed by atoms with Crippen LogP contribution in [0.25, 0.3) is 0 Å². The molecule has 0 rings (SSSR count). The van der Waals surface area contributed by atoms with Gasteiger partial charge in [0.15, 0.2) is 0 Å². The number of amides is 1. The summed E-state index contributed by atoms with van der Waals surface area (Å²) in [5.74, 6) is -0.925. The highest BCUT2D eigenvalue weighted by Crippen LogP contribution is 2.05. The van der Waals surface area contributed by atoms with Crippen molar-refractivity contribution in [2.75, 3.05) is 33.7 Å². The van der Waals surface area contributed by atoms with Crippen molar-refractivity contribution >= 4 is 11.9 Å². The summed E-state index contributed by atoms with van der Waals surface area (Å²) >= 11 is 0. The zero-order valence-electron chi connectivity index (χ0n) is 12.5. The fourth-order valence-corrected chi connectivity index (χ4v) is 1.89. The van der Waals surface area contributed by atoms with E-state index in [1.807, 2.05) is 0 Å². The average Bonchev–Trinajstić information content (AvgIpc) is 2.32. The molecule has 0 aliphatic heterocycles. The van der Waals surface area contributed by atoms with Crippen molar-refractivity contribution in [3.05, 3.63) is 0 Å². The fraction of sp³-hybridized carbons (Fsp3) is 0.857. The Bertz CT molecular complexity index is 269. The lowest BCUT2D eigenvalue weighted by Crippen LogP contribution is -2.39. The maximum atomic E-state index is 11.8. The summed E-state index contributed by atoms with van der Waals surface area (Å²) in [6.07, 6.45) is 7.21. The molecule has 0 aromatic carbocycles. The van der Waals surface area contributed by atoms with Gasteiger partial charge in [-0.25, -0.2) is 0 Å². The van der Waals surface area contributed by atoms with Crippen LogP contribution in [0.3, 0.4) is 0 Å². The van der Waals surface area contributed by atoms with Gasteiger partial charge in [-0.05, 0) is 13.5 Å². The van der Waals surface area contributed by atoms with Crippen LogP contribution in [0.2, 0.25) is 0 Å². The van der Waals surface area contributed by atoms with E-state index >= 15 is 0 Å². The summed E-state index contributed by atoms with van der Waals surface area (Å²) in [6.45, 7) is 3.02. The number of carbonyl (C=O) groups is 2. The molecule has 0 heterocycles. The predicted octanol–water partition coefficient (Wildman–Crippen LogP) is 1.82. The first-order chi connectivity index (χ1) is 8.97. The lowest BCUT2D eigenvalue weighted by molar-refractivity contribution is -0.139. The number of likely N-dealkylation sites (N-methyl/N-ethyl adjacent to an activating group) is 2. The van der Waals surface area contributed by atoms with Crippen LogP contribution in [0.15, 0.2) is 0 Å². The zero-order valence-corrected chi connectivity index (χ0v) is 12.5. The number of carbonyl (C=O) groups excluding carboxylic acids is 1. The van der Waals surface area contributed by atoms with Gasteiger partial charge in [-0.2, -0.15) is 0 Å². The predicted molar refractivity (Wildman–Crippen MR) is 76.1 cm³/mol. The number of carboxylic acids is 1. The summed E-state index contributed by atoms with van der Waals surface area (Å²) < 4.78 is 0. The maximum Gasteiger partial charge on any atom is 0.317 e. The van der Waals surface area contributed by atoms with Crippen molar-refractivity contribution in [1.29, 1.82) is 0 Å². The van der Waals surface area contributed by atoms with E-state index in [1.54, 1.807) is 19.0 Å². The molecule has 0 saturated carbocycles. The molecule has 0 bridgehead atoms. The Morgan fingerprint density at radius 2 is 1.53 bits per heavy atom. The highest BCUT2D eigenvalue weighted by Gasteiger charge is 2.13. The molecule has 5 nitrogen and oxygen atoms in total. The van der Waals surface area contributed by atoms with Crippen LogP contribution < -0.4 is 0 Å². The molecule has 0 aliphatic carbocycles. The maximum absolute atomic E-state index is 11.8. The third-order valence-corrected chi connectivity index (χ3v) is 3.08. The Kier molecular flexibility index (Phi) is 10.2. The minimum atomic E-state index is -0.908. The summed E-state index contributed by atoms with van der Waals surface area (Å²) in [5.41, 5.74) is 0. The molecule has 0 spiro atoms. The molecule has 19 heavy (non-hydrogen) atoms. The van der Waals surface area contributed by atoms with Crippen molar-refractivity contribution in [3.63, 3.8) is 0 Å². The van der Waals surface area contributed by atoms with Gasteiger partial charge in [0.05, 0.1) is 13.1 Å². The number of rotatable bonds is 11. The molecule has 0 aromatic heterocycles. The molecule has 1 amide bonds. The first-order valence-corrected chi connectivity index (χ1v) is 7.11. The summed E-state index contributed by atoms with van der Waals surface area (Å²) in [4.78, 5) is 25.5. The van der Waals surface area contributed by atoms with Gasteiger partial charge < -0.3 is 10.0 Å². The van der Waals surface area contributed by atoms with E-state index in [0.29, 0.717) is 0 Å². The number of aliphatic carboxylic acids is 1. The van der Waals surface area contributed by atoms with E-state index in [0.717, 1.165) is 19.4 Å². The second kappa shape index (κ2) is 10.8. The first kappa shape index (κ1) is 17.9. The van der Waals surface area contributed by atoms with Crippen LogP contribution in [0.5, 0.6) is 0 Å². The normalized spacial score (nSPS) is 10.7. The van der Waals surface area contributed by atoms with Crippen LogP contribution in [-0.2, 0) is 9.59 Å². The first-order valence-electron chi connectivity index (χ1n) is 7.11. The number of nitrogens with zero attached hydrogens (tertiary/aromatic N) is 2. The van der Waals surface area contributed by atoms with Crippen LogP contribution in [0, 0.1) is 0 Å². The van der Waals surface area contributed by atoms with Crippen LogP contribution in [0.1, 0.15) is 45.4 Å². The quantitative estimate of drug-likeness (QED) is 0.583. The minimum Gasteiger partial charge on any atom is -0.480 e. The van der Waals surface area contributed by atoms with E-state index in [2.05, 4.69) is 6.92 Å². The molecule has 5 heteroatoms. The molecular weight excluding hydrogens is 244 g/mol. The Labute approximate surface area is 116 Å². The van der Waals surface area contributed by atoms with Gasteiger partial charge in [0.25, 0.3) is 0 Å². The summed E-state index contributed by atoms with van der Waals surface area (Å²) in [5, 5.41) is 8.61. The highest BCUT2D eigenvalue weighted by atomic mass is 16.4. The molecule has 0 aromatic rings. The molecule has 0 unspecified atom stereocenters. The number of hydrogen-bond acceptors (Lipinski definition) is 3. The summed E-state index contributed by atoms with van der Waals surface area (Å²) in [6, 6.07) is 0. The second-order valence-corrected chi connectivity index (χ2v) is 5.15. The lowest BCUT2D eigenvalue weighted by atomic mass is 10.1. The fourth-order valence-electron chi connectivity index (χ4n) is 1.89. The van der Waals surface area contributed by atoms with Crippen molar-refractivity contribution in [1.82, 2.24) is 9.80 Å². The van der Waals surface area contributed by atoms with Crippen LogP contribution >= 0.6 is 0 Å². The highest BCUT2D eigenvalue weighted by molar-refractivity contribution is 5.78. The SMILES string of the molecule is CCCCCCCCN(C)C(=O)CN(C)CC(=O)O. The Morgan fingerprint density at radius 3 is 2.11 bits per heavy atom. The van der Waals surface area contributed by atoms with E-state index in [1.165, 1.54) is 30.6 Å². The standard InChI is InChI=1S/C14H28N2O3/c1-4-5-6-7-8-9-10-16(3)13(17)11-15(2)12-14(18)19/h4-12H2,1-3H3,(H,18,19). The van der Waals surface area contributed by atoms with Gasteiger partial charge in [-0.1, -0.05) is 39.0 Å². The number of hydrogen-bond donors (Lipinski definition) is 1. The Morgan fingerprint density at radius 1 is 0.947 bits per heavy atom. The van der Waals surface area contributed by atoms with Gasteiger partial charge in [0.1, 0.15) is 0 Å². The van der Waals surface area contributed by atoms with Crippen LogP contribution in [-0.4, -0.2) is 60.5 Å². The third kappa shape index (κ3) is 10.5. The monoisotopic (exact) mass is 272 g/mol. The minimum absolute atomic E-state index is 0.0164. The third-order valence-electron chi connectivity index (χ3n) is 3.08. The molecule has 0 saturated heterocycles. The van der Waals surface area contributed by atoms with Gasteiger partial charge in [-0.15, -0.1) is 0 Å². The number of carboxylic acid groups (broad SMARTS) is 1. The van der Waals surface area contributed by atoms with E-state index < -0.39 is 5.97 Å². The molecule has 1 N–H and O–H groups in total. The van der Waals surface area contributed by atoms with Crippen LogP contribution in [0.4, 0.5) is 0 Å². The topological polar surface area (TPSA) is 60.9 Å². The van der Waals surface area contributed by atoms with Gasteiger partial charge in [0, 0.05) is 13.6 Å². The molecule has 0 aliphatic rings. The van der Waals surface area contributed by atoms with Crippen molar-refractivity contribution in [3.8, 4) is 0 Å². The second-order valence-electron chi connectivity index (χ2n) is 5.15. The molecule has 0 radical (unpaired) electrons. The Hall–Kier alpha value is -1.10. The molecule has 0 atom stereocenters.